The van der Waals surface area contributed by atoms with Crippen molar-refractivity contribution in [3.63, 3.8) is 0 Å². The molecule has 0 amide bonds. The van der Waals surface area contributed by atoms with Crippen molar-refractivity contribution < 1.29 is 12.9 Å². The smallest absolute Gasteiger partial charge is 0.248 e. The van der Waals surface area contributed by atoms with Gasteiger partial charge in [0.1, 0.15) is 10.6 Å². The lowest BCUT2D eigenvalue weighted by Gasteiger charge is -2.37. The van der Waals surface area contributed by atoms with Gasteiger partial charge >= 0.3 is 0 Å². The molecule has 0 N–H and O–H groups in total. The van der Waals surface area contributed by atoms with Gasteiger partial charge in [-0.25, -0.2) is 8.42 Å². The number of aryl methyl sites for hydroxylation is 4. The highest BCUT2D eigenvalue weighted by Crippen LogP contribution is 2.30. The first kappa shape index (κ1) is 18.9. The Bertz CT molecular complexity index is 840. The first-order valence-corrected chi connectivity index (χ1v) is 10.6. The fourth-order valence-electron chi connectivity index (χ4n) is 3.75. The monoisotopic (exact) mass is 377 g/mol. The molecule has 1 aromatic carbocycles. The van der Waals surface area contributed by atoms with Crippen LogP contribution in [0.15, 0.2) is 27.6 Å². The van der Waals surface area contributed by atoms with E-state index in [1.807, 2.05) is 0 Å². The highest BCUT2D eigenvalue weighted by Gasteiger charge is 2.33. The maximum Gasteiger partial charge on any atom is 0.248 e. The molecule has 0 bridgehead atoms. The fourth-order valence-corrected chi connectivity index (χ4v) is 5.46. The van der Waals surface area contributed by atoms with Crippen molar-refractivity contribution >= 4 is 15.7 Å². The molecule has 0 spiro atoms. The fraction of sp³-hybridized carbons (Fsp3) is 0.526. The lowest BCUT2D eigenvalue weighted by atomic mass is 10.0. The van der Waals surface area contributed by atoms with E-state index in [0.717, 1.165) is 12.8 Å². The Balaban J connectivity index is 1.82. The van der Waals surface area contributed by atoms with Crippen LogP contribution in [0.2, 0.25) is 0 Å². The zero-order valence-electron chi connectivity index (χ0n) is 15.9. The van der Waals surface area contributed by atoms with E-state index < -0.39 is 10.0 Å². The summed E-state index contributed by atoms with van der Waals surface area (Å²) in [5.41, 5.74) is 4.36. The molecule has 1 aliphatic rings. The van der Waals surface area contributed by atoms with Gasteiger partial charge in [0.15, 0.2) is 5.76 Å². The van der Waals surface area contributed by atoms with Crippen molar-refractivity contribution in [1.29, 1.82) is 0 Å². The average molecular weight is 378 g/mol. The number of hydrogen-bond donors (Lipinski definition) is 0. The van der Waals surface area contributed by atoms with Gasteiger partial charge in [-0.1, -0.05) is 37.2 Å². The molecule has 0 radical (unpaired) electrons. The minimum Gasteiger partial charge on any atom is -0.368 e. The van der Waals surface area contributed by atoms with Gasteiger partial charge in [0.05, 0.1) is 0 Å². The molecule has 1 aliphatic heterocycles. The van der Waals surface area contributed by atoms with Crippen LogP contribution in [0.5, 0.6) is 0 Å². The number of sulfonamides is 1. The number of rotatable bonds is 5. The Morgan fingerprint density at radius 1 is 1.04 bits per heavy atom. The summed E-state index contributed by atoms with van der Waals surface area (Å²) in [5.74, 6) is 0.356. The Hall–Kier alpha value is -1.86. The minimum absolute atomic E-state index is 0.217. The molecule has 3 rings (SSSR count). The third-order valence-corrected chi connectivity index (χ3v) is 7.23. The van der Waals surface area contributed by atoms with Gasteiger partial charge in [-0.3, -0.25) is 0 Å². The van der Waals surface area contributed by atoms with Gasteiger partial charge in [-0.05, 0) is 37.8 Å². The largest absolute Gasteiger partial charge is 0.368 e. The Morgan fingerprint density at radius 2 is 1.62 bits per heavy atom. The van der Waals surface area contributed by atoms with Gasteiger partial charge in [0, 0.05) is 31.9 Å². The zero-order chi connectivity index (χ0) is 18.9. The molecule has 6 nitrogen and oxygen atoms in total. The van der Waals surface area contributed by atoms with Gasteiger partial charge < -0.3 is 9.42 Å². The van der Waals surface area contributed by atoms with Crippen LogP contribution in [-0.2, 0) is 22.9 Å². The number of hydrogen-bond acceptors (Lipinski definition) is 5. The molecule has 0 atom stereocenters. The molecule has 1 aromatic heterocycles. The molecule has 0 aliphatic carbocycles. The van der Waals surface area contributed by atoms with Gasteiger partial charge in [-0.15, -0.1) is 0 Å². The van der Waals surface area contributed by atoms with E-state index in [4.69, 9.17) is 4.52 Å². The molecule has 2 heterocycles. The normalized spacial score (nSPS) is 16.2. The Morgan fingerprint density at radius 3 is 2.08 bits per heavy atom. The van der Waals surface area contributed by atoms with Gasteiger partial charge in [0.2, 0.25) is 10.0 Å². The number of anilines is 1. The van der Waals surface area contributed by atoms with Crippen molar-refractivity contribution in [2.75, 3.05) is 31.1 Å². The molecule has 0 unspecified atom stereocenters. The van der Waals surface area contributed by atoms with Gasteiger partial charge in [-0.2, -0.15) is 4.31 Å². The second kappa shape index (κ2) is 7.40. The van der Waals surface area contributed by atoms with Crippen LogP contribution in [0.25, 0.3) is 0 Å². The van der Waals surface area contributed by atoms with E-state index in [1.54, 1.807) is 18.2 Å². The maximum atomic E-state index is 13.0. The first-order chi connectivity index (χ1) is 12.4. The van der Waals surface area contributed by atoms with E-state index in [0.29, 0.717) is 37.6 Å². The van der Waals surface area contributed by atoms with Crippen LogP contribution >= 0.6 is 0 Å². The minimum atomic E-state index is -3.57. The summed E-state index contributed by atoms with van der Waals surface area (Å²) in [6.45, 7) is 9.95. The summed E-state index contributed by atoms with van der Waals surface area (Å²) in [6, 6.07) is 6.45. The highest BCUT2D eigenvalue weighted by molar-refractivity contribution is 7.89. The summed E-state index contributed by atoms with van der Waals surface area (Å²) >= 11 is 0. The highest BCUT2D eigenvalue weighted by atomic mass is 32.2. The van der Waals surface area contributed by atoms with Crippen LogP contribution in [0.3, 0.4) is 0 Å². The molecule has 26 heavy (non-hydrogen) atoms. The third-order valence-electron chi connectivity index (χ3n) is 5.09. The summed E-state index contributed by atoms with van der Waals surface area (Å²) in [4.78, 5) is 2.55. The molecule has 1 fully saturated rings. The molecule has 7 heteroatoms. The molecule has 0 saturated carbocycles. The van der Waals surface area contributed by atoms with Crippen molar-refractivity contribution in [1.82, 2.24) is 9.46 Å². The third kappa shape index (κ3) is 3.25. The summed E-state index contributed by atoms with van der Waals surface area (Å²) in [6.07, 6.45) is 1.95. The number of benzene rings is 1. The van der Waals surface area contributed by atoms with Crippen molar-refractivity contribution in [2.45, 2.75) is 45.4 Å². The van der Waals surface area contributed by atoms with Crippen LogP contribution in [0.4, 0.5) is 5.69 Å². The van der Waals surface area contributed by atoms with Crippen LogP contribution < -0.4 is 4.90 Å². The molecule has 1 saturated heterocycles. The van der Waals surface area contributed by atoms with E-state index >= 15 is 0 Å². The Labute approximate surface area is 155 Å². The average Bonchev–Trinajstić information content (AvgIpc) is 3.00. The van der Waals surface area contributed by atoms with Crippen LogP contribution in [-0.4, -0.2) is 44.1 Å². The number of para-hydroxylation sites is 1. The van der Waals surface area contributed by atoms with Gasteiger partial charge in [0.25, 0.3) is 0 Å². The molecular formula is C19H27N3O3S. The van der Waals surface area contributed by atoms with E-state index in [1.165, 1.54) is 16.8 Å². The quantitative estimate of drug-likeness (QED) is 0.801. The van der Waals surface area contributed by atoms with Crippen molar-refractivity contribution in [2.24, 2.45) is 0 Å². The lowest BCUT2D eigenvalue weighted by Crippen LogP contribution is -2.49. The van der Waals surface area contributed by atoms with Crippen LogP contribution in [0.1, 0.15) is 36.4 Å². The summed E-state index contributed by atoms with van der Waals surface area (Å²) in [5, 5.41) is 3.79. The summed E-state index contributed by atoms with van der Waals surface area (Å²) < 4.78 is 32.6. The maximum absolute atomic E-state index is 13.0. The number of nitrogens with zero attached hydrogens (tertiary/aromatic N) is 3. The zero-order valence-corrected chi connectivity index (χ0v) is 16.8. The van der Waals surface area contributed by atoms with E-state index in [9.17, 15) is 8.42 Å². The molecule has 142 valence electrons. The van der Waals surface area contributed by atoms with E-state index in [2.05, 4.69) is 42.1 Å². The lowest BCUT2D eigenvalue weighted by molar-refractivity contribution is 0.378. The second-order valence-electron chi connectivity index (χ2n) is 6.68. The SMILES string of the molecule is CCc1cccc(CC)c1N1CCN(S(=O)(=O)c2c(C)noc2C)CC1. The summed E-state index contributed by atoms with van der Waals surface area (Å²) in [7, 11) is -3.57. The van der Waals surface area contributed by atoms with Crippen LogP contribution in [0, 0.1) is 13.8 Å². The Kier molecular flexibility index (Phi) is 5.39. The first-order valence-electron chi connectivity index (χ1n) is 9.18. The molecule has 2 aromatic rings. The van der Waals surface area contributed by atoms with Crippen molar-refractivity contribution in [3.8, 4) is 0 Å². The predicted octanol–water partition coefficient (Wildman–Crippen LogP) is 2.93. The van der Waals surface area contributed by atoms with E-state index in [-0.39, 0.29) is 4.90 Å². The molecular weight excluding hydrogens is 350 g/mol. The second-order valence-corrected chi connectivity index (χ2v) is 8.55. The predicted molar refractivity (Wildman–Crippen MR) is 102 cm³/mol. The standard InChI is InChI=1S/C19H27N3O3S/c1-5-16-8-7-9-17(6-2)18(16)21-10-12-22(13-11-21)26(23,24)19-14(3)20-25-15(19)4/h7-9H,5-6,10-13H2,1-4H3. The number of aromatic nitrogens is 1. The number of piperazine rings is 1. The van der Waals surface area contributed by atoms with Crippen molar-refractivity contribution in [3.05, 3.63) is 40.8 Å². The topological polar surface area (TPSA) is 66.7 Å².